The SMILES string of the molecule is CCCCCCCCCC(OC)(OC)SCCCOCC1CO1. The van der Waals surface area contributed by atoms with Crippen molar-refractivity contribution in [1.82, 2.24) is 0 Å². The van der Waals surface area contributed by atoms with Gasteiger partial charge in [0.15, 0.2) is 0 Å². The number of hydrogen-bond donors (Lipinski definition) is 0. The van der Waals surface area contributed by atoms with Gasteiger partial charge in [-0.2, -0.15) is 0 Å². The van der Waals surface area contributed by atoms with Gasteiger partial charge in [0, 0.05) is 33.0 Å². The molecule has 0 aromatic heterocycles. The maximum atomic E-state index is 5.67. The van der Waals surface area contributed by atoms with Crippen molar-refractivity contribution in [3.05, 3.63) is 0 Å². The quantitative estimate of drug-likeness (QED) is 0.218. The monoisotopic (exact) mass is 348 g/mol. The summed E-state index contributed by atoms with van der Waals surface area (Å²) in [5.74, 6) is 0.990. The Labute approximate surface area is 147 Å². The second-order valence-electron chi connectivity index (χ2n) is 6.19. The van der Waals surface area contributed by atoms with Crippen LogP contribution in [0.2, 0.25) is 0 Å². The fraction of sp³-hybridized carbons (Fsp3) is 1.00. The fourth-order valence-electron chi connectivity index (χ4n) is 2.54. The molecule has 1 rings (SSSR count). The number of methoxy groups -OCH3 is 2. The molecule has 4 nitrogen and oxygen atoms in total. The Kier molecular flexibility index (Phi) is 12.4. The molecule has 1 atom stereocenters. The minimum atomic E-state index is -0.483. The van der Waals surface area contributed by atoms with E-state index in [0.717, 1.165) is 44.8 Å². The molecule has 1 unspecified atom stereocenters. The average molecular weight is 349 g/mol. The number of epoxide rings is 1. The highest BCUT2D eigenvalue weighted by molar-refractivity contribution is 8.00. The molecule has 0 amide bonds. The molecule has 0 aromatic rings. The van der Waals surface area contributed by atoms with Gasteiger partial charge in [-0.1, -0.05) is 57.2 Å². The van der Waals surface area contributed by atoms with Crippen molar-refractivity contribution in [1.29, 1.82) is 0 Å². The van der Waals surface area contributed by atoms with Crippen LogP contribution in [-0.2, 0) is 18.9 Å². The van der Waals surface area contributed by atoms with Gasteiger partial charge >= 0.3 is 0 Å². The summed E-state index contributed by atoms with van der Waals surface area (Å²) in [7, 11) is 3.50. The first kappa shape index (κ1) is 21.2. The largest absolute Gasteiger partial charge is 0.379 e. The first-order chi connectivity index (χ1) is 11.3. The summed E-state index contributed by atoms with van der Waals surface area (Å²) in [5, 5.41) is -0.483. The van der Waals surface area contributed by atoms with Crippen LogP contribution in [0.15, 0.2) is 0 Å². The smallest absolute Gasteiger partial charge is 0.217 e. The molecule has 0 N–H and O–H groups in total. The molecular formula is C18H36O4S. The van der Waals surface area contributed by atoms with Gasteiger partial charge in [0.1, 0.15) is 6.10 Å². The summed E-state index contributed by atoms with van der Waals surface area (Å²) in [6.07, 6.45) is 11.5. The Morgan fingerprint density at radius 2 is 1.65 bits per heavy atom. The van der Waals surface area contributed by atoms with Gasteiger partial charge in [-0.25, -0.2) is 0 Å². The van der Waals surface area contributed by atoms with Gasteiger partial charge in [-0.3, -0.25) is 0 Å². The van der Waals surface area contributed by atoms with E-state index in [4.69, 9.17) is 18.9 Å². The van der Waals surface area contributed by atoms with Gasteiger partial charge in [-0.15, -0.1) is 0 Å². The highest BCUT2D eigenvalue weighted by Crippen LogP contribution is 2.33. The minimum absolute atomic E-state index is 0.358. The molecule has 0 bridgehead atoms. The third-order valence-corrected chi connectivity index (χ3v) is 5.64. The predicted molar refractivity (Wildman–Crippen MR) is 97.0 cm³/mol. The lowest BCUT2D eigenvalue weighted by molar-refractivity contribution is -0.138. The molecule has 1 fully saturated rings. The minimum Gasteiger partial charge on any atom is -0.379 e. The summed E-state index contributed by atoms with van der Waals surface area (Å²) < 4.78 is 22.0. The standard InChI is InChI=1S/C18H36O4S/c1-4-5-6-7-8-9-10-12-18(19-2,20-3)23-14-11-13-21-15-17-16-22-17/h17H,4-16H2,1-3H3. The Hall–Kier alpha value is 0.190. The zero-order chi connectivity index (χ0) is 16.8. The number of thioether (sulfide) groups is 1. The van der Waals surface area contributed by atoms with Crippen LogP contribution < -0.4 is 0 Å². The van der Waals surface area contributed by atoms with Gasteiger partial charge < -0.3 is 18.9 Å². The van der Waals surface area contributed by atoms with E-state index in [9.17, 15) is 0 Å². The molecule has 5 heteroatoms. The molecule has 0 spiro atoms. The lowest BCUT2D eigenvalue weighted by atomic mass is 10.1. The topological polar surface area (TPSA) is 40.2 Å². The zero-order valence-electron chi connectivity index (χ0n) is 15.3. The average Bonchev–Trinajstić information content (AvgIpc) is 3.40. The third kappa shape index (κ3) is 10.6. The molecular weight excluding hydrogens is 312 g/mol. The molecule has 1 aliphatic heterocycles. The highest BCUT2D eigenvalue weighted by atomic mass is 32.2. The van der Waals surface area contributed by atoms with Crippen LogP contribution in [0.4, 0.5) is 0 Å². The molecule has 1 saturated heterocycles. The van der Waals surface area contributed by atoms with Crippen molar-refractivity contribution in [3.63, 3.8) is 0 Å². The molecule has 0 aromatic carbocycles. The van der Waals surface area contributed by atoms with Gasteiger partial charge in [-0.05, 0) is 12.8 Å². The number of ether oxygens (including phenoxy) is 4. The zero-order valence-corrected chi connectivity index (χ0v) is 16.1. The van der Waals surface area contributed by atoms with E-state index in [2.05, 4.69) is 6.92 Å². The van der Waals surface area contributed by atoms with Gasteiger partial charge in [0.2, 0.25) is 5.12 Å². The lowest BCUT2D eigenvalue weighted by Gasteiger charge is -2.30. The Morgan fingerprint density at radius 3 is 2.26 bits per heavy atom. The van der Waals surface area contributed by atoms with Crippen molar-refractivity contribution >= 4 is 11.8 Å². The Morgan fingerprint density at radius 1 is 1.00 bits per heavy atom. The van der Waals surface area contributed by atoms with E-state index in [-0.39, 0.29) is 0 Å². The van der Waals surface area contributed by atoms with Gasteiger partial charge in [0.25, 0.3) is 0 Å². The van der Waals surface area contributed by atoms with E-state index < -0.39 is 5.12 Å². The van der Waals surface area contributed by atoms with Crippen LogP contribution in [0.5, 0.6) is 0 Å². The van der Waals surface area contributed by atoms with E-state index in [1.807, 2.05) is 0 Å². The van der Waals surface area contributed by atoms with Crippen LogP contribution in [0, 0.1) is 0 Å². The second-order valence-corrected chi connectivity index (χ2v) is 7.51. The number of rotatable bonds is 17. The number of hydrogen-bond acceptors (Lipinski definition) is 5. The normalized spacial score (nSPS) is 17.6. The van der Waals surface area contributed by atoms with Crippen LogP contribution in [0.1, 0.15) is 64.7 Å². The maximum Gasteiger partial charge on any atom is 0.217 e. The summed E-state index contributed by atoms with van der Waals surface area (Å²) >= 11 is 1.76. The van der Waals surface area contributed by atoms with E-state index >= 15 is 0 Å². The second kappa shape index (κ2) is 13.5. The van der Waals surface area contributed by atoms with E-state index in [1.54, 1.807) is 26.0 Å². The highest BCUT2D eigenvalue weighted by Gasteiger charge is 2.29. The van der Waals surface area contributed by atoms with Crippen molar-refractivity contribution in [2.24, 2.45) is 0 Å². The molecule has 0 aliphatic carbocycles. The first-order valence-corrected chi connectivity index (χ1v) is 10.2. The Balaban J connectivity index is 2.04. The summed E-state index contributed by atoms with van der Waals surface area (Å²) in [6, 6.07) is 0. The van der Waals surface area contributed by atoms with E-state index in [1.165, 1.54) is 38.5 Å². The molecule has 1 aliphatic rings. The fourth-order valence-corrected chi connectivity index (χ4v) is 3.64. The van der Waals surface area contributed by atoms with E-state index in [0.29, 0.717) is 6.10 Å². The summed E-state index contributed by atoms with van der Waals surface area (Å²) in [6.45, 7) is 4.65. The van der Waals surface area contributed by atoms with Gasteiger partial charge in [0.05, 0.1) is 13.2 Å². The predicted octanol–water partition coefficient (Wildman–Crippen LogP) is 4.61. The van der Waals surface area contributed by atoms with Crippen molar-refractivity contribution < 1.29 is 18.9 Å². The molecule has 1 heterocycles. The van der Waals surface area contributed by atoms with Crippen LogP contribution in [0.25, 0.3) is 0 Å². The molecule has 0 radical (unpaired) electrons. The van der Waals surface area contributed by atoms with Crippen molar-refractivity contribution in [2.75, 3.05) is 39.8 Å². The lowest BCUT2D eigenvalue weighted by Crippen LogP contribution is -2.30. The molecule has 138 valence electrons. The van der Waals surface area contributed by atoms with Crippen molar-refractivity contribution in [3.8, 4) is 0 Å². The van der Waals surface area contributed by atoms with Crippen LogP contribution >= 0.6 is 11.8 Å². The first-order valence-electron chi connectivity index (χ1n) is 9.20. The molecule has 23 heavy (non-hydrogen) atoms. The van der Waals surface area contributed by atoms with Crippen LogP contribution in [-0.4, -0.2) is 51.0 Å². The molecule has 0 saturated carbocycles. The Bertz CT molecular complexity index is 268. The summed E-state index contributed by atoms with van der Waals surface area (Å²) in [5.41, 5.74) is 0. The third-order valence-electron chi connectivity index (χ3n) is 4.17. The summed E-state index contributed by atoms with van der Waals surface area (Å²) in [4.78, 5) is 0. The number of unbranched alkanes of at least 4 members (excludes halogenated alkanes) is 6. The maximum absolute atomic E-state index is 5.67. The van der Waals surface area contributed by atoms with Crippen LogP contribution in [0.3, 0.4) is 0 Å². The van der Waals surface area contributed by atoms with Crippen molar-refractivity contribution in [2.45, 2.75) is 75.9 Å².